The molecule has 1 saturated heterocycles. The molecule has 1 aliphatic rings. The van der Waals surface area contributed by atoms with Crippen molar-refractivity contribution >= 4 is 11.6 Å². The maximum atomic E-state index is 13.9. The lowest BCUT2D eigenvalue weighted by atomic mass is 9.89. The first-order chi connectivity index (χ1) is 8.53. The lowest BCUT2D eigenvalue weighted by Gasteiger charge is -2.29. The van der Waals surface area contributed by atoms with Crippen molar-refractivity contribution in [2.75, 3.05) is 20.8 Å². The Balaban J connectivity index is 2.66. The van der Waals surface area contributed by atoms with E-state index < -0.39 is 5.82 Å². The average molecular weight is 274 g/mol. The summed E-state index contributed by atoms with van der Waals surface area (Å²) in [6.07, 6.45) is 1.91. The van der Waals surface area contributed by atoms with Gasteiger partial charge in [0, 0.05) is 17.2 Å². The van der Waals surface area contributed by atoms with Crippen LogP contribution in [0.2, 0.25) is 5.02 Å². The summed E-state index contributed by atoms with van der Waals surface area (Å²) in [5.74, 6) is 0.379. The first-order valence-corrected chi connectivity index (χ1v) is 6.27. The molecule has 18 heavy (non-hydrogen) atoms. The van der Waals surface area contributed by atoms with E-state index in [1.165, 1.54) is 20.3 Å². The van der Waals surface area contributed by atoms with Crippen LogP contribution in [0.5, 0.6) is 11.5 Å². The van der Waals surface area contributed by atoms with Gasteiger partial charge in [0.05, 0.1) is 19.2 Å². The second kappa shape index (κ2) is 4.94. The molecule has 0 aromatic heterocycles. The Morgan fingerprint density at radius 3 is 2.61 bits per heavy atom. The molecule has 0 radical (unpaired) electrons. The Hall–Kier alpha value is -1.00. The van der Waals surface area contributed by atoms with Crippen LogP contribution in [-0.2, 0) is 5.54 Å². The van der Waals surface area contributed by atoms with Crippen molar-refractivity contribution in [2.24, 2.45) is 0 Å². The van der Waals surface area contributed by atoms with Crippen molar-refractivity contribution in [3.8, 4) is 11.5 Å². The fourth-order valence-electron chi connectivity index (χ4n) is 2.54. The molecule has 1 aromatic carbocycles. The van der Waals surface area contributed by atoms with Gasteiger partial charge < -0.3 is 14.8 Å². The molecular weight excluding hydrogens is 257 g/mol. The van der Waals surface area contributed by atoms with Gasteiger partial charge >= 0.3 is 0 Å². The molecule has 0 saturated carbocycles. The predicted octanol–water partition coefficient (Wildman–Crippen LogP) is 3.09. The number of methoxy groups -OCH3 is 2. The largest absolute Gasteiger partial charge is 0.493 e. The number of ether oxygens (including phenoxy) is 2. The van der Waals surface area contributed by atoms with E-state index in [1.54, 1.807) is 0 Å². The van der Waals surface area contributed by atoms with Gasteiger partial charge in [-0.3, -0.25) is 0 Å². The zero-order chi connectivity index (χ0) is 13.3. The van der Waals surface area contributed by atoms with Gasteiger partial charge in [-0.1, -0.05) is 11.6 Å². The first kappa shape index (κ1) is 13.4. The minimum absolute atomic E-state index is 0.101. The zero-order valence-corrected chi connectivity index (χ0v) is 11.5. The van der Waals surface area contributed by atoms with Crippen LogP contribution in [0, 0.1) is 5.82 Å². The van der Waals surface area contributed by atoms with Gasteiger partial charge in [0.25, 0.3) is 0 Å². The van der Waals surface area contributed by atoms with E-state index in [1.807, 2.05) is 6.92 Å². The van der Waals surface area contributed by atoms with Crippen LogP contribution in [0.4, 0.5) is 4.39 Å². The molecule has 0 aliphatic carbocycles. The number of hydrogen-bond acceptors (Lipinski definition) is 3. The molecule has 0 spiro atoms. The van der Waals surface area contributed by atoms with Gasteiger partial charge in [0.2, 0.25) is 0 Å². The molecule has 5 heteroatoms. The molecule has 1 aliphatic heterocycles. The molecular formula is C13H17ClFNO2. The fourth-order valence-corrected chi connectivity index (χ4v) is 2.89. The predicted molar refractivity (Wildman–Crippen MR) is 69.1 cm³/mol. The number of nitrogens with one attached hydrogen (secondary N) is 1. The van der Waals surface area contributed by atoms with Crippen molar-refractivity contribution in [1.29, 1.82) is 0 Å². The molecule has 100 valence electrons. The van der Waals surface area contributed by atoms with Crippen molar-refractivity contribution < 1.29 is 13.9 Å². The number of hydrogen-bond donors (Lipinski definition) is 1. The number of halogens is 2. The van der Waals surface area contributed by atoms with Gasteiger partial charge in [0.15, 0.2) is 11.5 Å². The molecule has 1 N–H and O–H groups in total. The highest BCUT2D eigenvalue weighted by atomic mass is 35.5. The highest BCUT2D eigenvalue weighted by molar-refractivity contribution is 6.32. The maximum absolute atomic E-state index is 13.9. The molecule has 3 nitrogen and oxygen atoms in total. The van der Waals surface area contributed by atoms with Crippen LogP contribution < -0.4 is 14.8 Å². The van der Waals surface area contributed by atoms with E-state index in [-0.39, 0.29) is 10.6 Å². The van der Waals surface area contributed by atoms with Gasteiger partial charge in [-0.25, -0.2) is 4.39 Å². The van der Waals surface area contributed by atoms with Gasteiger partial charge in [0.1, 0.15) is 5.82 Å². The number of rotatable bonds is 3. The Morgan fingerprint density at radius 1 is 1.39 bits per heavy atom. The van der Waals surface area contributed by atoms with E-state index >= 15 is 0 Å². The van der Waals surface area contributed by atoms with E-state index in [4.69, 9.17) is 21.1 Å². The monoisotopic (exact) mass is 273 g/mol. The van der Waals surface area contributed by atoms with Crippen molar-refractivity contribution in [3.63, 3.8) is 0 Å². The summed E-state index contributed by atoms with van der Waals surface area (Å²) in [4.78, 5) is 0. The fraction of sp³-hybridized carbons (Fsp3) is 0.538. The third-order valence-electron chi connectivity index (χ3n) is 3.48. The molecule has 0 amide bonds. The first-order valence-electron chi connectivity index (χ1n) is 5.89. The molecule has 1 unspecified atom stereocenters. The summed E-state index contributed by atoms with van der Waals surface area (Å²) in [5.41, 5.74) is 0.263. The van der Waals surface area contributed by atoms with E-state index in [9.17, 15) is 4.39 Å². The van der Waals surface area contributed by atoms with E-state index in [0.717, 1.165) is 19.4 Å². The van der Waals surface area contributed by atoms with E-state index in [0.29, 0.717) is 17.1 Å². The second-order valence-electron chi connectivity index (χ2n) is 4.65. The molecule has 1 heterocycles. The van der Waals surface area contributed by atoms with Gasteiger partial charge in [-0.15, -0.1) is 0 Å². The summed E-state index contributed by atoms with van der Waals surface area (Å²) < 4.78 is 24.4. The molecule has 2 rings (SSSR count). The quantitative estimate of drug-likeness (QED) is 0.918. The van der Waals surface area contributed by atoms with Crippen LogP contribution >= 0.6 is 11.6 Å². The van der Waals surface area contributed by atoms with Gasteiger partial charge in [-0.2, -0.15) is 0 Å². The molecule has 0 bridgehead atoms. The molecule has 1 aromatic rings. The van der Waals surface area contributed by atoms with Crippen molar-refractivity contribution in [1.82, 2.24) is 5.32 Å². The standard InChI is InChI=1S/C13H17ClFNO2/c1-13(5-4-6-16-13)10-11(14)8(15)7-9(17-2)12(10)18-3/h7,16H,4-6H2,1-3H3. The summed E-state index contributed by atoms with van der Waals surface area (Å²) in [5, 5.41) is 3.46. The summed E-state index contributed by atoms with van der Waals surface area (Å²) in [7, 11) is 3.02. The Morgan fingerprint density at radius 2 is 2.11 bits per heavy atom. The summed E-state index contributed by atoms with van der Waals surface area (Å²) in [6.45, 7) is 2.89. The normalized spacial score (nSPS) is 23.2. The Kier molecular flexibility index (Phi) is 3.69. The minimum atomic E-state index is -0.487. The van der Waals surface area contributed by atoms with Crippen molar-refractivity contribution in [2.45, 2.75) is 25.3 Å². The summed E-state index contributed by atoms with van der Waals surface area (Å²) >= 11 is 6.13. The molecule has 1 atom stereocenters. The topological polar surface area (TPSA) is 30.5 Å². The smallest absolute Gasteiger partial charge is 0.167 e. The average Bonchev–Trinajstić information content (AvgIpc) is 2.79. The third-order valence-corrected chi connectivity index (χ3v) is 3.85. The van der Waals surface area contributed by atoms with Crippen LogP contribution in [0.15, 0.2) is 6.07 Å². The van der Waals surface area contributed by atoms with Crippen molar-refractivity contribution in [3.05, 3.63) is 22.5 Å². The highest BCUT2D eigenvalue weighted by Gasteiger charge is 2.37. The molecule has 1 fully saturated rings. The lowest BCUT2D eigenvalue weighted by Crippen LogP contribution is -2.34. The maximum Gasteiger partial charge on any atom is 0.167 e. The van der Waals surface area contributed by atoms with Gasteiger partial charge in [-0.05, 0) is 26.3 Å². The number of benzene rings is 1. The minimum Gasteiger partial charge on any atom is -0.493 e. The second-order valence-corrected chi connectivity index (χ2v) is 5.02. The van der Waals surface area contributed by atoms with Crippen LogP contribution in [-0.4, -0.2) is 20.8 Å². The highest BCUT2D eigenvalue weighted by Crippen LogP contribution is 2.46. The Labute approximate surface area is 111 Å². The lowest BCUT2D eigenvalue weighted by molar-refractivity contribution is 0.330. The van der Waals surface area contributed by atoms with Crippen LogP contribution in [0.3, 0.4) is 0 Å². The van der Waals surface area contributed by atoms with Crippen LogP contribution in [0.25, 0.3) is 0 Å². The SMILES string of the molecule is COc1cc(F)c(Cl)c(C2(C)CCCN2)c1OC. The third kappa shape index (κ3) is 2.04. The summed E-state index contributed by atoms with van der Waals surface area (Å²) in [6, 6.07) is 1.25. The van der Waals surface area contributed by atoms with Crippen LogP contribution in [0.1, 0.15) is 25.3 Å². The van der Waals surface area contributed by atoms with E-state index in [2.05, 4.69) is 5.32 Å². The Bertz CT molecular complexity index is 459. The zero-order valence-electron chi connectivity index (χ0n) is 10.8.